The second kappa shape index (κ2) is 5.03. The molecule has 0 spiro atoms. The average Bonchev–Trinajstić information content (AvgIpc) is 2.32. The lowest BCUT2D eigenvalue weighted by Crippen LogP contribution is -2.18. The predicted octanol–water partition coefficient (Wildman–Crippen LogP) is 2.49. The van der Waals surface area contributed by atoms with Crippen molar-refractivity contribution in [3.63, 3.8) is 0 Å². The summed E-state index contributed by atoms with van der Waals surface area (Å²) in [6, 6.07) is 11.4. The number of allylic oxidation sites excluding steroid dienone is 1. The standard InChI is InChI=1S/C13H13NOS/c15-13-8-7-11-5-1-2-6-12(11)14(13)9-3-4-10-16/h1-8,16H,9-10H2. The van der Waals surface area contributed by atoms with Crippen molar-refractivity contribution in [2.24, 2.45) is 0 Å². The van der Waals surface area contributed by atoms with Gasteiger partial charge in [-0.05, 0) is 17.5 Å². The number of pyridine rings is 1. The van der Waals surface area contributed by atoms with Crippen LogP contribution in [0.15, 0.2) is 53.3 Å². The summed E-state index contributed by atoms with van der Waals surface area (Å²) in [6.07, 6.45) is 3.90. The number of rotatable bonds is 3. The Morgan fingerprint density at radius 3 is 2.75 bits per heavy atom. The quantitative estimate of drug-likeness (QED) is 0.636. The van der Waals surface area contributed by atoms with Crippen LogP contribution in [0.3, 0.4) is 0 Å². The number of benzene rings is 1. The SMILES string of the molecule is O=c1ccc2ccccc2n1CC=CCS. The van der Waals surface area contributed by atoms with Gasteiger partial charge in [0.15, 0.2) is 0 Å². The van der Waals surface area contributed by atoms with E-state index in [-0.39, 0.29) is 5.56 Å². The lowest BCUT2D eigenvalue weighted by atomic mass is 10.2. The molecule has 0 aliphatic rings. The number of hydrogen-bond donors (Lipinski definition) is 1. The summed E-state index contributed by atoms with van der Waals surface area (Å²) in [5, 5.41) is 1.08. The maximum atomic E-state index is 11.7. The lowest BCUT2D eigenvalue weighted by Gasteiger charge is -2.06. The summed E-state index contributed by atoms with van der Waals surface area (Å²) in [5.74, 6) is 0.694. The van der Waals surface area contributed by atoms with Crippen LogP contribution in [0.5, 0.6) is 0 Å². The van der Waals surface area contributed by atoms with E-state index in [1.54, 1.807) is 10.6 Å². The molecule has 0 radical (unpaired) electrons. The van der Waals surface area contributed by atoms with Gasteiger partial charge in [0.05, 0.1) is 5.52 Å². The molecule has 0 fully saturated rings. The Kier molecular flexibility index (Phi) is 3.47. The Balaban J connectivity index is 2.53. The van der Waals surface area contributed by atoms with E-state index in [0.717, 1.165) is 10.9 Å². The van der Waals surface area contributed by atoms with Crippen LogP contribution in [0.2, 0.25) is 0 Å². The second-order valence-electron chi connectivity index (χ2n) is 3.49. The molecule has 1 aromatic heterocycles. The van der Waals surface area contributed by atoms with Crippen LogP contribution in [0.25, 0.3) is 10.9 Å². The Labute approximate surface area is 99.6 Å². The summed E-state index contributed by atoms with van der Waals surface area (Å²) in [6.45, 7) is 0.598. The number of aromatic nitrogens is 1. The molecule has 0 saturated carbocycles. The molecule has 0 atom stereocenters. The summed E-state index contributed by atoms with van der Waals surface area (Å²) in [7, 11) is 0. The topological polar surface area (TPSA) is 22.0 Å². The van der Waals surface area contributed by atoms with E-state index in [0.29, 0.717) is 12.3 Å². The van der Waals surface area contributed by atoms with Gasteiger partial charge < -0.3 is 4.57 Å². The first-order chi connectivity index (χ1) is 7.83. The van der Waals surface area contributed by atoms with Gasteiger partial charge in [0.1, 0.15) is 0 Å². The van der Waals surface area contributed by atoms with Gasteiger partial charge in [0, 0.05) is 18.4 Å². The molecule has 1 heterocycles. The molecule has 2 aromatic rings. The highest BCUT2D eigenvalue weighted by atomic mass is 32.1. The van der Waals surface area contributed by atoms with Crippen molar-refractivity contribution in [2.75, 3.05) is 5.75 Å². The van der Waals surface area contributed by atoms with Crippen LogP contribution in [-0.2, 0) is 6.54 Å². The highest BCUT2D eigenvalue weighted by Crippen LogP contribution is 2.10. The van der Waals surface area contributed by atoms with E-state index in [9.17, 15) is 4.79 Å². The number of hydrogen-bond acceptors (Lipinski definition) is 2. The average molecular weight is 231 g/mol. The molecule has 0 amide bonds. The van der Waals surface area contributed by atoms with Crippen molar-refractivity contribution in [1.82, 2.24) is 4.57 Å². The molecular weight excluding hydrogens is 218 g/mol. The normalized spacial score (nSPS) is 11.3. The van der Waals surface area contributed by atoms with Crippen molar-refractivity contribution in [3.05, 3.63) is 58.9 Å². The third kappa shape index (κ3) is 2.19. The minimum Gasteiger partial charge on any atom is -0.304 e. The van der Waals surface area contributed by atoms with Crippen LogP contribution < -0.4 is 5.56 Å². The highest BCUT2D eigenvalue weighted by Gasteiger charge is 1.99. The molecule has 0 aliphatic carbocycles. The van der Waals surface area contributed by atoms with Gasteiger partial charge in [-0.15, -0.1) is 0 Å². The molecule has 3 heteroatoms. The molecule has 0 bridgehead atoms. The van der Waals surface area contributed by atoms with Crippen molar-refractivity contribution in [3.8, 4) is 0 Å². The Morgan fingerprint density at radius 1 is 1.12 bits per heavy atom. The van der Waals surface area contributed by atoms with Gasteiger partial charge in [-0.2, -0.15) is 12.6 Å². The van der Waals surface area contributed by atoms with Crippen molar-refractivity contribution in [2.45, 2.75) is 6.54 Å². The van der Waals surface area contributed by atoms with E-state index in [1.165, 1.54) is 0 Å². The fraction of sp³-hybridized carbons (Fsp3) is 0.154. The zero-order valence-electron chi connectivity index (χ0n) is 8.84. The Bertz CT molecular complexity index is 571. The smallest absolute Gasteiger partial charge is 0.251 e. The van der Waals surface area contributed by atoms with E-state index in [4.69, 9.17) is 0 Å². The number of nitrogens with zero attached hydrogens (tertiary/aromatic N) is 1. The highest BCUT2D eigenvalue weighted by molar-refractivity contribution is 7.80. The minimum atomic E-state index is 0.0301. The van der Waals surface area contributed by atoms with Gasteiger partial charge in [-0.1, -0.05) is 30.4 Å². The van der Waals surface area contributed by atoms with Crippen molar-refractivity contribution >= 4 is 23.5 Å². The summed E-state index contributed by atoms with van der Waals surface area (Å²) >= 11 is 4.09. The molecule has 0 N–H and O–H groups in total. The van der Waals surface area contributed by atoms with Crippen LogP contribution in [0, 0.1) is 0 Å². The summed E-state index contributed by atoms with van der Waals surface area (Å²) in [4.78, 5) is 11.7. The van der Waals surface area contributed by atoms with E-state index < -0.39 is 0 Å². The zero-order valence-corrected chi connectivity index (χ0v) is 9.73. The first kappa shape index (κ1) is 11.0. The van der Waals surface area contributed by atoms with Crippen LogP contribution >= 0.6 is 12.6 Å². The number of para-hydroxylation sites is 1. The molecule has 1 aromatic carbocycles. The van der Waals surface area contributed by atoms with Gasteiger partial charge in [0.2, 0.25) is 0 Å². The second-order valence-corrected chi connectivity index (χ2v) is 3.86. The lowest BCUT2D eigenvalue weighted by molar-refractivity contribution is 0.816. The molecule has 0 unspecified atom stereocenters. The third-order valence-corrected chi connectivity index (χ3v) is 2.67. The predicted molar refractivity (Wildman–Crippen MR) is 71.2 cm³/mol. The van der Waals surface area contributed by atoms with E-state index >= 15 is 0 Å². The fourth-order valence-electron chi connectivity index (χ4n) is 1.69. The zero-order chi connectivity index (χ0) is 11.4. The van der Waals surface area contributed by atoms with Crippen LogP contribution in [-0.4, -0.2) is 10.3 Å². The van der Waals surface area contributed by atoms with Crippen LogP contribution in [0.1, 0.15) is 0 Å². The molecule has 0 saturated heterocycles. The monoisotopic (exact) mass is 231 g/mol. The maximum absolute atomic E-state index is 11.7. The number of fused-ring (bicyclic) bond motifs is 1. The first-order valence-electron chi connectivity index (χ1n) is 5.17. The maximum Gasteiger partial charge on any atom is 0.251 e. The van der Waals surface area contributed by atoms with E-state index in [1.807, 2.05) is 42.5 Å². The van der Waals surface area contributed by atoms with Gasteiger partial charge in [-0.25, -0.2) is 0 Å². The Morgan fingerprint density at radius 2 is 1.94 bits per heavy atom. The molecular formula is C13H13NOS. The van der Waals surface area contributed by atoms with Crippen molar-refractivity contribution in [1.29, 1.82) is 0 Å². The molecule has 16 heavy (non-hydrogen) atoms. The first-order valence-corrected chi connectivity index (χ1v) is 5.80. The largest absolute Gasteiger partial charge is 0.304 e. The molecule has 0 aliphatic heterocycles. The van der Waals surface area contributed by atoms with Crippen molar-refractivity contribution < 1.29 is 0 Å². The van der Waals surface area contributed by atoms with Gasteiger partial charge >= 0.3 is 0 Å². The Hall–Kier alpha value is -1.48. The third-order valence-electron chi connectivity index (χ3n) is 2.46. The molecule has 82 valence electrons. The van der Waals surface area contributed by atoms with Gasteiger partial charge in [0.25, 0.3) is 5.56 Å². The number of thiol groups is 1. The van der Waals surface area contributed by atoms with E-state index in [2.05, 4.69) is 12.6 Å². The summed E-state index contributed by atoms with van der Waals surface area (Å²) < 4.78 is 1.76. The van der Waals surface area contributed by atoms with Gasteiger partial charge in [-0.3, -0.25) is 4.79 Å². The molecule has 2 rings (SSSR count). The minimum absolute atomic E-state index is 0.0301. The van der Waals surface area contributed by atoms with Crippen LogP contribution in [0.4, 0.5) is 0 Å². The fourth-order valence-corrected chi connectivity index (χ4v) is 1.84. The summed E-state index contributed by atoms with van der Waals surface area (Å²) in [5.41, 5.74) is 1.00. The molecule has 2 nitrogen and oxygen atoms in total.